The van der Waals surface area contributed by atoms with Gasteiger partial charge in [-0.05, 0) is 44.7 Å². The van der Waals surface area contributed by atoms with Crippen molar-refractivity contribution in [3.05, 3.63) is 42.4 Å². The van der Waals surface area contributed by atoms with E-state index in [-0.39, 0.29) is 0 Å². The number of aromatic nitrogens is 2. The minimum absolute atomic E-state index is 0.331. The van der Waals surface area contributed by atoms with Gasteiger partial charge < -0.3 is 0 Å². The molecule has 5 heteroatoms. The van der Waals surface area contributed by atoms with Crippen molar-refractivity contribution in [2.24, 2.45) is 5.92 Å². The lowest BCUT2D eigenvalue weighted by atomic mass is 9.90. The SMILES string of the molecule is CC(C)S(=O)(=O)c1ccc(-c2cncc(C#CC3CCCCC3)n2)cc1. The Labute approximate surface area is 156 Å². The van der Waals surface area contributed by atoms with Crippen LogP contribution in [0.1, 0.15) is 51.6 Å². The van der Waals surface area contributed by atoms with Crippen LogP contribution in [0, 0.1) is 17.8 Å². The molecular weight excluding hydrogens is 344 g/mol. The zero-order chi connectivity index (χ0) is 18.6. The van der Waals surface area contributed by atoms with Gasteiger partial charge in [-0.3, -0.25) is 4.98 Å². The quantitative estimate of drug-likeness (QED) is 0.760. The van der Waals surface area contributed by atoms with Crippen molar-refractivity contribution in [2.45, 2.75) is 56.1 Å². The Kier molecular flexibility index (Phi) is 5.73. The lowest BCUT2D eigenvalue weighted by molar-refractivity contribution is 0.430. The summed E-state index contributed by atoms with van der Waals surface area (Å²) in [5, 5.41) is -0.438. The minimum Gasteiger partial charge on any atom is -0.259 e. The van der Waals surface area contributed by atoms with E-state index in [1.54, 1.807) is 50.5 Å². The molecule has 3 rings (SSSR count). The Balaban J connectivity index is 1.81. The van der Waals surface area contributed by atoms with Gasteiger partial charge in [0.25, 0.3) is 0 Å². The van der Waals surface area contributed by atoms with Gasteiger partial charge in [0, 0.05) is 11.5 Å². The van der Waals surface area contributed by atoms with E-state index in [0.29, 0.717) is 22.2 Å². The topological polar surface area (TPSA) is 59.9 Å². The second kappa shape index (κ2) is 8.01. The molecule has 1 aliphatic rings. The molecule has 1 heterocycles. The fraction of sp³-hybridized carbons (Fsp3) is 0.429. The van der Waals surface area contributed by atoms with E-state index >= 15 is 0 Å². The summed E-state index contributed by atoms with van der Waals surface area (Å²) in [6.45, 7) is 3.37. The Morgan fingerprint density at radius 3 is 2.38 bits per heavy atom. The van der Waals surface area contributed by atoms with Gasteiger partial charge >= 0.3 is 0 Å². The molecule has 4 nitrogen and oxygen atoms in total. The smallest absolute Gasteiger partial charge is 0.180 e. The molecule has 0 amide bonds. The maximum absolute atomic E-state index is 12.2. The number of hydrogen-bond acceptors (Lipinski definition) is 4. The molecule has 0 spiro atoms. The van der Waals surface area contributed by atoms with E-state index in [1.165, 1.54) is 32.1 Å². The lowest BCUT2D eigenvalue weighted by Gasteiger charge is -2.15. The van der Waals surface area contributed by atoms with Gasteiger partial charge in [0.05, 0.1) is 28.2 Å². The molecular formula is C21H24N2O2S. The van der Waals surface area contributed by atoms with Crippen molar-refractivity contribution in [1.29, 1.82) is 0 Å². The fourth-order valence-corrected chi connectivity index (χ4v) is 4.14. The molecule has 1 fully saturated rings. The lowest BCUT2D eigenvalue weighted by Crippen LogP contribution is -2.13. The third kappa shape index (κ3) is 4.31. The number of sulfone groups is 1. The van der Waals surface area contributed by atoms with Gasteiger partial charge in [-0.25, -0.2) is 13.4 Å². The van der Waals surface area contributed by atoms with Crippen LogP contribution in [0.3, 0.4) is 0 Å². The highest BCUT2D eigenvalue weighted by Gasteiger charge is 2.18. The van der Waals surface area contributed by atoms with Crippen molar-refractivity contribution < 1.29 is 8.42 Å². The highest BCUT2D eigenvalue weighted by Crippen LogP contribution is 2.23. The van der Waals surface area contributed by atoms with Crippen molar-refractivity contribution in [3.8, 4) is 23.1 Å². The third-order valence-electron chi connectivity index (χ3n) is 4.74. The minimum atomic E-state index is -3.26. The van der Waals surface area contributed by atoms with Crippen LogP contribution in [-0.2, 0) is 9.84 Å². The third-order valence-corrected chi connectivity index (χ3v) is 6.91. The second-order valence-corrected chi connectivity index (χ2v) is 9.52. The van der Waals surface area contributed by atoms with Crippen LogP contribution in [0.15, 0.2) is 41.6 Å². The molecule has 136 valence electrons. The number of benzene rings is 1. The summed E-state index contributed by atoms with van der Waals surface area (Å²) in [6.07, 6.45) is 9.54. The largest absolute Gasteiger partial charge is 0.259 e. The average Bonchev–Trinajstić information content (AvgIpc) is 2.67. The van der Waals surface area contributed by atoms with Crippen LogP contribution in [0.2, 0.25) is 0 Å². The van der Waals surface area contributed by atoms with E-state index in [0.717, 1.165) is 5.56 Å². The first kappa shape index (κ1) is 18.6. The molecule has 0 saturated heterocycles. The Hall–Kier alpha value is -2.19. The molecule has 1 aromatic heterocycles. The Morgan fingerprint density at radius 2 is 1.73 bits per heavy atom. The first-order valence-electron chi connectivity index (χ1n) is 9.15. The van der Waals surface area contributed by atoms with Crippen molar-refractivity contribution in [3.63, 3.8) is 0 Å². The summed E-state index contributed by atoms with van der Waals surface area (Å²) in [5.41, 5.74) is 2.20. The van der Waals surface area contributed by atoms with Crippen LogP contribution < -0.4 is 0 Å². The fourth-order valence-electron chi connectivity index (χ4n) is 3.08. The summed E-state index contributed by atoms with van der Waals surface area (Å²) in [5.74, 6) is 6.95. The van der Waals surface area contributed by atoms with Gasteiger partial charge in [0.1, 0.15) is 5.69 Å². The zero-order valence-corrected chi connectivity index (χ0v) is 16.1. The van der Waals surface area contributed by atoms with Crippen molar-refractivity contribution in [1.82, 2.24) is 9.97 Å². The highest BCUT2D eigenvalue weighted by molar-refractivity contribution is 7.92. The summed E-state index contributed by atoms with van der Waals surface area (Å²) in [4.78, 5) is 9.14. The summed E-state index contributed by atoms with van der Waals surface area (Å²) in [7, 11) is -3.26. The molecule has 1 aromatic carbocycles. The molecule has 0 bridgehead atoms. The number of nitrogens with zero attached hydrogens (tertiary/aromatic N) is 2. The molecule has 1 saturated carbocycles. The maximum Gasteiger partial charge on any atom is 0.180 e. The maximum atomic E-state index is 12.2. The van der Waals surface area contributed by atoms with Crippen LogP contribution in [-0.4, -0.2) is 23.6 Å². The molecule has 0 aliphatic heterocycles. The van der Waals surface area contributed by atoms with E-state index in [1.807, 2.05) is 0 Å². The van der Waals surface area contributed by atoms with Crippen molar-refractivity contribution >= 4 is 9.84 Å². The van der Waals surface area contributed by atoms with Gasteiger partial charge in [0.2, 0.25) is 0 Å². The first-order chi connectivity index (χ1) is 12.5. The molecule has 2 aromatic rings. The van der Waals surface area contributed by atoms with E-state index in [2.05, 4.69) is 21.8 Å². The zero-order valence-electron chi connectivity index (χ0n) is 15.3. The van der Waals surface area contributed by atoms with Crippen LogP contribution >= 0.6 is 0 Å². The van der Waals surface area contributed by atoms with Crippen LogP contribution in [0.5, 0.6) is 0 Å². The van der Waals surface area contributed by atoms with E-state index < -0.39 is 15.1 Å². The van der Waals surface area contributed by atoms with Gasteiger partial charge in [-0.15, -0.1) is 0 Å². The summed E-state index contributed by atoms with van der Waals surface area (Å²) in [6, 6.07) is 6.81. The van der Waals surface area contributed by atoms with Crippen LogP contribution in [0.4, 0.5) is 0 Å². The number of rotatable bonds is 3. The Morgan fingerprint density at radius 1 is 1.04 bits per heavy atom. The van der Waals surface area contributed by atoms with Crippen LogP contribution in [0.25, 0.3) is 11.3 Å². The van der Waals surface area contributed by atoms with E-state index in [4.69, 9.17) is 0 Å². The summed E-state index contributed by atoms with van der Waals surface area (Å²) < 4.78 is 24.4. The number of hydrogen-bond donors (Lipinski definition) is 0. The second-order valence-electron chi connectivity index (χ2n) is 7.01. The highest BCUT2D eigenvalue weighted by atomic mass is 32.2. The van der Waals surface area contributed by atoms with Gasteiger partial charge in [-0.1, -0.05) is 37.3 Å². The van der Waals surface area contributed by atoms with Gasteiger partial charge in [0.15, 0.2) is 9.84 Å². The predicted octanol–water partition coefficient (Wildman–Crippen LogP) is 4.26. The average molecular weight is 369 g/mol. The molecule has 0 N–H and O–H groups in total. The Bertz CT molecular complexity index is 916. The normalized spacial score (nSPS) is 15.5. The standard InChI is InChI=1S/C21H24N2O2S/c1-16(2)26(24,25)20-12-9-18(10-13-20)21-15-22-14-19(23-21)11-8-17-6-4-3-5-7-17/h9-10,12-17H,3-7H2,1-2H3. The van der Waals surface area contributed by atoms with Gasteiger partial charge in [-0.2, -0.15) is 0 Å². The molecule has 0 unspecified atom stereocenters. The predicted molar refractivity (Wildman–Crippen MR) is 103 cm³/mol. The van der Waals surface area contributed by atoms with Crippen molar-refractivity contribution in [2.75, 3.05) is 0 Å². The molecule has 0 radical (unpaired) electrons. The first-order valence-corrected chi connectivity index (χ1v) is 10.7. The summed E-state index contributed by atoms with van der Waals surface area (Å²) >= 11 is 0. The monoisotopic (exact) mass is 368 g/mol. The molecule has 26 heavy (non-hydrogen) atoms. The van der Waals surface area contributed by atoms with E-state index in [9.17, 15) is 8.42 Å². The molecule has 0 atom stereocenters. The molecule has 1 aliphatic carbocycles.